The van der Waals surface area contributed by atoms with Gasteiger partial charge in [-0.05, 0) is 35.2 Å². The average molecular weight is 329 g/mol. The number of hydrogen-bond donors (Lipinski definition) is 2. The molecular weight excluding hydrogens is 312 g/mol. The Bertz CT molecular complexity index is 890. The number of aromatic nitrogens is 1. The summed E-state index contributed by atoms with van der Waals surface area (Å²) in [5, 5.41) is 4.95. The molecule has 2 N–H and O–H groups in total. The number of aromatic amines is 1. The lowest BCUT2D eigenvalue weighted by Gasteiger charge is -2.08. The zero-order valence-electron chi connectivity index (χ0n) is 12.7. The third kappa shape index (κ3) is 3.55. The highest BCUT2D eigenvalue weighted by Crippen LogP contribution is 2.18. The largest absolute Gasteiger partial charge is 0.497 e. The molecule has 0 aliphatic heterocycles. The van der Waals surface area contributed by atoms with Crippen molar-refractivity contribution in [2.75, 3.05) is 7.11 Å². The Morgan fingerprint density at radius 3 is 2.65 bits per heavy atom. The van der Waals surface area contributed by atoms with Gasteiger partial charge in [0.1, 0.15) is 5.75 Å². The van der Waals surface area contributed by atoms with E-state index in [9.17, 15) is 4.79 Å². The summed E-state index contributed by atoms with van der Waals surface area (Å²) in [6.45, 7) is 1.09. The number of pyridine rings is 1. The van der Waals surface area contributed by atoms with Gasteiger partial charge in [-0.25, -0.2) is 0 Å². The summed E-state index contributed by atoms with van der Waals surface area (Å²) in [6.07, 6.45) is 0. The molecule has 118 valence electrons. The van der Waals surface area contributed by atoms with E-state index in [1.54, 1.807) is 7.11 Å². The molecule has 5 heteroatoms. The number of hydrogen-bond acceptors (Lipinski definition) is 3. The summed E-state index contributed by atoms with van der Waals surface area (Å²) in [4.78, 5) is 15.1. The number of rotatable bonds is 5. The normalized spacial score (nSPS) is 10.9. The van der Waals surface area contributed by atoms with Crippen LogP contribution in [0.4, 0.5) is 0 Å². The first-order valence-corrected chi connectivity index (χ1v) is 7.69. The summed E-state index contributed by atoms with van der Waals surface area (Å²) in [5.41, 5.74) is 2.37. The van der Waals surface area contributed by atoms with Crippen molar-refractivity contribution in [3.05, 3.63) is 75.0 Å². The molecule has 0 saturated heterocycles. The molecule has 0 spiro atoms. The summed E-state index contributed by atoms with van der Waals surface area (Å²) in [5.74, 6) is 0.720. The maximum atomic E-state index is 12.2. The van der Waals surface area contributed by atoms with Gasteiger partial charge in [0, 0.05) is 29.7 Å². The van der Waals surface area contributed by atoms with Crippen molar-refractivity contribution < 1.29 is 4.74 Å². The van der Waals surface area contributed by atoms with Crippen LogP contribution < -0.4 is 15.6 Å². The number of halogens is 1. The molecule has 0 bridgehead atoms. The number of benzene rings is 2. The molecule has 0 unspecified atom stereocenters. The lowest BCUT2D eigenvalue weighted by molar-refractivity contribution is 0.415. The predicted molar refractivity (Wildman–Crippen MR) is 93.1 cm³/mol. The van der Waals surface area contributed by atoms with Crippen LogP contribution >= 0.6 is 11.6 Å². The van der Waals surface area contributed by atoms with E-state index in [1.807, 2.05) is 48.5 Å². The number of fused-ring (bicyclic) bond motifs is 1. The molecular formula is C18H17ClN2O2. The third-order valence-corrected chi connectivity index (χ3v) is 4.09. The van der Waals surface area contributed by atoms with Gasteiger partial charge in [-0.2, -0.15) is 0 Å². The van der Waals surface area contributed by atoms with E-state index in [4.69, 9.17) is 16.3 Å². The third-order valence-electron chi connectivity index (χ3n) is 3.72. The van der Waals surface area contributed by atoms with E-state index < -0.39 is 0 Å². The second kappa shape index (κ2) is 6.86. The van der Waals surface area contributed by atoms with Gasteiger partial charge in [0.15, 0.2) is 0 Å². The Morgan fingerprint density at radius 1 is 1.09 bits per heavy atom. The highest BCUT2D eigenvalue weighted by Gasteiger charge is 2.05. The van der Waals surface area contributed by atoms with Crippen molar-refractivity contribution in [2.24, 2.45) is 0 Å². The molecule has 0 aliphatic carbocycles. The topological polar surface area (TPSA) is 54.1 Å². The number of ether oxygens (including phenoxy) is 1. The summed E-state index contributed by atoms with van der Waals surface area (Å²) in [7, 11) is 1.60. The van der Waals surface area contributed by atoms with Crippen LogP contribution in [-0.2, 0) is 13.1 Å². The highest BCUT2D eigenvalue weighted by atomic mass is 35.5. The van der Waals surface area contributed by atoms with E-state index in [2.05, 4.69) is 10.3 Å². The molecule has 1 heterocycles. The Balaban J connectivity index is 1.76. The number of H-pyrrole nitrogens is 1. The summed E-state index contributed by atoms with van der Waals surface area (Å²) < 4.78 is 5.17. The van der Waals surface area contributed by atoms with Crippen LogP contribution in [0, 0.1) is 0 Å². The van der Waals surface area contributed by atoms with E-state index in [0.29, 0.717) is 18.7 Å². The van der Waals surface area contributed by atoms with Gasteiger partial charge in [-0.3, -0.25) is 4.79 Å². The van der Waals surface area contributed by atoms with E-state index >= 15 is 0 Å². The van der Waals surface area contributed by atoms with Crippen LogP contribution in [0.2, 0.25) is 5.02 Å². The molecule has 0 atom stereocenters. The minimum atomic E-state index is -0.0996. The standard InChI is InChI=1S/C18H17ClN2O2/c1-23-15-7-6-12-8-14(18(22)21-17(12)9-15)11-20-10-13-4-2-3-5-16(13)19/h2-9,20H,10-11H2,1H3,(H,21,22). The first-order valence-electron chi connectivity index (χ1n) is 7.31. The second-order valence-electron chi connectivity index (χ2n) is 5.27. The molecule has 2 aromatic carbocycles. The van der Waals surface area contributed by atoms with Crippen molar-refractivity contribution in [3.8, 4) is 5.75 Å². The zero-order chi connectivity index (χ0) is 16.2. The lowest BCUT2D eigenvalue weighted by atomic mass is 10.1. The summed E-state index contributed by atoms with van der Waals surface area (Å²) >= 11 is 6.12. The monoisotopic (exact) mass is 328 g/mol. The van der Waals surface area contributed by atoms with Crippen LogP contribution in [-0.4, -0.2) is 12.1 Å². The maximum absolute atomic E-state index is 12.2. The molecule has 4 nitrogen and oxygen atoms in total. The molecule has 0 fully saturated rings. The van der Waals surface area contributed by atoms with Gasteiger partial charge in [-0.15, -0.1) is 0 Å². The van der Waals surface area contributed by atoms with Crippen molar-refractivity contribution in [3.63, 3.8) is 0 Å². The average Bonchev–Trinajstić information content (AvgIpc) is 2.56. The smallest absolute Gasteiger partial charge is 0.252 e. The fraction of sp³-hybridized carbons (Fsp3) is 0.167. The molecule has 3 rings (SSSR count). The predicted octanol–water partition coefficient (Wildman–Crippen LogP) is 3.48. The van der Waals surface area contributed by atoms with Gasteiger partial charge in [0.05, 0.1) is 12.6 Å². The minimum absolute atomic E-state index is 0.0996. The van der Waals surface area contributed by atoms with Crippen molar-refractivity contribution >= 4 is 22.5 Å². The Labute approximate surface area is 139 Å². The molecule has 0 amide bonds. The fourth-order valence-electron chi connectivity index (χ4n) is 2.46. The van der Waals surface area contributed by atoms with Crippen LogP contribution in [0.15, 0.2) is 53.3 Å². The van der Waals surface area contributed by atoms with Crippen molar-refractivity contribution in [1.29, 1.82) is 0 Å². The first-order chi connectivity index (χ1) is 11.2. The first kappa shape index (κ1) is 15.6. The fourth-order valence-corrected chi connectivity index (χ4v) is 2.66. The second-order valence-corrected chi connectivity index (χ2v) is 5.68. The van der Waals surface area contributed by atoms with Crippen molar-refractivity contribution in [2.45, 2.75) is 13.1 Å². The molecule has 0 saturated carbocycles. The van der Waals surface area contributed by atoms with E-state index in [-0.39, 0.29) is 5.56 Å². The molecule has 0 radical (unpaired) electrons. The van der Waals surface area contributed by atoms with Crippen LogP contribution in [0.25, 0.3) is 10.9 Å². The van der Waals surface area contributed by atoms with E-state index in [1.165, 1.54) is 0 Å². The Hall–Kier alpha value is -2.30. The van der Waals surface area contributed by atoms with Crippen LogP contribution in [0.5, 0.6) is 5.75 Å². The van der Waals surface area contributed by atoms with Gasteiger partial charge in [0.25, 0.3) is 5.56 Å². The Kier molecular flexibility index (Phi) is 4.65. The Morgan fingerprint density at radius 2 is 1.87 bits per heavy atom. The lowest BCUT2D eigenvalue weighted by Crippen LogP contribution is -2.20. The van der Waals surface area contributed by atoms with Crippen LogP contribution in [0.1, 0.15) is 11.1 Å². The van der Waals surface area contributed by atoms with Crippen molar-refractivity contribution in [1.82, 2.24) is 10.3 Å². The quantitative estimate of drug-likeness (QED) is 0.754. The maximum Gasteiger partial charge on any atom is 0.252 e. The van der Waals surface area contributed by atoms with Gasteiger partial charge in [-0.1, -0.05) is 29.8 Å². The minimum Gasteiger partial charge on any atom is -0.497 e. The molecule has 1 aromatic heterocycles. The van der Waals surface area contributed by atoms with Gasteiger partial charge >= 0.3 is 0 Å². The number of methoxy groups -OCH3 is 1. The van der Waals surface area contributed by atoms with Gasteiger partial charge in [0.2, 0.25) is 0 Å². The highest BCUT2D eigenvalue weighted by molar-refractivity contribution is 6.31. The SMILES string of the molecule is COc1ccc2cc(CNCc3ccccc3Cl)c(=O)[nH]c2c1. The molecule has 0 aliphatic rings. The zero-order valence-corrected chi connectivity index (χ0v) is 13.5. The van der Waals surface area contributed by atoms with Gasteiger partial charge < -0.3 is 15.0 Å². The summed E-state index contributed by atoms with van der Waals surface area (Å²) in [6, 6.07) is 15.2. The molecule has 3 aromatic rings. The molecule has 23 heavy (non-hydrogen) atoms. The van der Waals surface area contributed by atoms with E-state index in [0.717, 1.165) is 27.2 Å². The van der Waals surface area contributed by atoms with Crippen LogP contribution in [0.3, 0.4) is 0 Å². The number of nitrogens with one attached hydrogen (secondary N) is 2.